The molecule has 2 aliphatic carbocycles. The van der Waals surface area contributed by atoms with E-state index in [0.29, 0.717) is 5.69 Å². The molecule has 4 atom stereocenters. The lowest BCUT2D eigenvalue weighted by atomic mass is 9.71. The van der Waals surface area contributed by atoms with Crippen LogP contribution in [0, 0.1) is 23.2 Å². The number of carboxylic acid groups (broad SMARTS) is 1. The molecule has 5 heteroatoms. The van der Waals surface area contributed by atoms with Crippen molar-refractivity contribution in [2.75, 3.05) is 4.90 Å². The molecule has 2 amide bonds. The molecular weight excluding hydrogens is 282 g/mol. The van der Waals surface area contributed by atoms with Gasteiger partial charge in [0.05, 0.1) is 23.0 Å². The quantitative estimate of drug-likeness (QED) is 0.596. The Morgan fingerprint density at radius 3 is 2.50 bits per heavy atom. The number of carboxylic acids is 1. The Kier molecular flexibility index (Phi) is 2.45. The van der Waals surface area contributed by atoms with Crippen molar-refractivity contribution in [2.24, 2.45) is 23.2 Å². The van der Waals surface area contributed by atoms with E-state index in [4.69, 9.17) is 0 Å². The Hall–Kier alpha value is -2.43. The van der Waals surface area contributed by atoms with Crippen molar-refractivity contribution in [1.82, 2.24) is 0 Å². The predicted octanol–water partition coefficient (Wildman–Crippen LogP) is 0.752. The van der Waals surface area contributed by atoms with Crippen LogP contribution < -0.4 is 10.0 Å². The minimum Gasteiger partial charge on any atom is -0.545 e. The fraction of sp³-hybridized carbons (Fsp3) is 0.353. The highest BCUT2D eigenvalue weighted by atomic mass is 16.4. The van der Waals surface area contributed by atoms with Crippen LogP contribution in [-0.2, 0) is 9.59 Å². The predicted molar refractivity (Wildman–Crippen MR) is 75.6 cm³/mol. The summed E-state index contributed by atoms with van der Waals surface area (Å²) in [5.74, 6) is -1.68. The van der Waals surface area contributed by atoms with Gasteiger partial charge in [-0.1, -0.05) is 24.3 Å². The number of rotatable bonds is 2. The second kappa shape index (κ2) is 4.06. The van der Waals surface area contributed by atoms with Crippen LogP contribution in [0.3, 0.4) is 0 Å². The van der Waals surface area contributed by atoms with Gasteiger partial charge in [0, 0.05) is 0 Å². The van der Waals surface area contributed by atoms with Crippen LogP contribution in [0.15, 0.2) is 36.4 Å². The summed E-state index contributed by atoms with van der Waals surface area (Å²) in [6, 6.07) is 5.68. The third kappa shape index (κ3) is 1.41. The molecule has 112 valence electrons. The lowest BCUT2D eigenvalue weighted by molar-refractivity contribution is -0.255. The lowest BCUT2D eigenvalue weighted by Crippen LogP contribution is -2.37. The van der Waals surface area contributed by atoms with Gasteiger partial charge in [-0.25, -0.2) is 4.90 Å². The zero-order valence-corrected chi connectivity index (χ0v) is 12.0. The number of benzene rings is 1. The minimum absolute atomic E-state index is 0.0241. The Morgan fingerprint density at radius 2 is 1.91 bits per heavy atom. The number of anilines is 1. The maximum absolute atomic E-state index is 12.9. The van der Waals surface area contributed by atoms with Gasteiger partial charge in [0.2, 0.25) is 11.8 Å². The van der Waals surface area contributed by atoms with Crippen molar-refractivity contribution < 1.29 is 19.5 Å². The number of allylic oxidation sites excluding steroid dienone is 2. The first kappa shape index (κ1) is 13.2. The van der Waals surface area contributed by atoms with E-state index in [2.05, 4.69) is 6.08 Å². The van der Waals surface area contributed by atoms with Gasteiger partial charge in [-0.2, -0.15) is 0 Å². The van der Waals surface area contributed by atoms with Crippen molar-refractivity contribution in [3.05, 3.63) is 42.0 Å². The van der Waals surface area contributed by atoms with E-state index in [-0.39, 0.29) is 35.1 Å². The SMILES string of the molecule is CC12C(=O)N(c3ccc(C(=O)[O-])cc3)C(=O)C1C1C=CC2C1. The van der Waals surface area contributed by atoms with Crippen LogP contribution in [0.1, 0.15) is 23.7 Å². The van der Waals surface area contributed by atoms with E-state index in [1.165, 1.54) is 29.2 Å². The van der Waals surface area contributed by atoms with Gasteiger partial charge in [0.1, 0.15) is 0 Å². The Balaban J connectivity index is 1.74. The molecule has 0 N–H and O–H groups in total. The minimum atomic E-state index is -1.28. The molecule has 0 spiro atoms. The molecule has 1 saturated carbocycles. The first-order valence-corrected chi connectivity index (χ1v) is 7.32. The average molecular weight is 296 g/mol. The molecular formula is C17H14NO4-. The molecule has 22 heavy (non-hydrogen) atoms. The molecule has 5 nitrogen and oxygen atoms in total. The van der Waals surface area contributed by atoms with Crippen molar-refractivity contribution in [2.45, 2.75) is 13.3 Å². The Bertz CT molecular complexity index is 736. The molecule has 4 rings (SSSR count). The van der Waals surface area contributed by atoms with Gasteiger partial charge in [0.25, 0.3) is 0 Å². The van der Waals surface area contributed by atoms with Gasteiger partial charge in [0.15, 0.2) is 0 Å². The van der Waals surface area contributed by atoms with Crippen molar-refractivity contribution in [3.8, 4) is 0 Å². The summed E-state index contributed by atoms with van der Waals surface area (Å²) in [5, 5.41) is 10.8. The molecule has 4 unspecified atom stereocenters. The average Bonchev–Trinajstić information content (AvgIpc) is 3.12. The summed E-state index contributed by atoms with van der Waals surface area (Å²) in [5.41, 5.74) is -0.213. The summed E-state index contributed by atoms with van der Waals surface area (Å²) in [6.45, 7) is 1.88. The summed E-state index contributed by atoms with van der Waals surface area (Å²) < 4.78 is 0. The highest BCUT2D eigenvalue weighted by Gasteiger charge is 2.67. The fourth-order valence-corrected chi connectivity index (χ4v) is 4.30. The van der Waals surface area contributed by atoms with Gasteiger partial charge in [-0.05, 0) is 42.9 Å². The third-order valence-corrected chi connectivity index (χ3v) is 5.47. The van der Waals surface area contributed by atoms with Gasteiger partial charge in [-0.3, -0.25) is 9.59 Å². The van der Waals surface area contributed by atoms with Crippen molar-refractivity contribution >= 4 is 23.5 Å². The van der Waals surface area contributed by atoms with Gasteiger partial charge in [-0.15, -0.1) is 0 Å². The largest absolute Gasteiger partial charge is 0.545 e. The topological polar surface area (TPSA) is 77.5 Å². The number of imide groups is 1. The fourth-order valence-electron chi connectivity index (χ4n) is 4.30. The molecule has 1 saturated heterocycles. The smallest absolute Gasteiger partial charge is 0.241 e. The van der Waals surface area contributed by atoms with Crippen LogP contribution in [0.25, 0.3) is 0 Å². The number of amides is 2. The second-order valence-electron chi connectivity index (χ2n) is 6.46. The molecule has 2 bridgehead atoms. The summed E-state index contributed by atoms with van der Waals surface area (Å²) in [7, 11) is 0. The molecule has 1 aliphatic heterocycles. The van der Waals surface area contributed by atoms with E-state index >= 15 is 0 Å². The van der Waals surface area contributed by atoms with Crippen molar-refractivity contribution in [3.63, 3.8) is 0 Å². The van der Waals surface area contributed by atoms with Crippen molar-refractivity contribution in [1.29, 1.82) is 0 Å². The van der Waals surface area contributed by atoms with Gasteiger partial charge < -0.3 is 9.90 Å². The number of fused-ring (bicyclic) bond motifs is 5. The van der Waals surface area contributed by atoms with Crippen LogP contribution in [-0.4, -0.2) is 17.8 Å². The number of nitrogens with zero attached hydrogens (tertiary/aromatic N) is 1. The number of hydrogen-bond acceptors (Lipinski definition) is 4. The number of carbonyl (C=O) groups excluding carboxylic acids is 3. The molecule has 0 aromatic heterocycles. The maximum atomic E-state index is 12.9. The van der Waals surface area contributed by atoms with Crippen LogP contribution in [0.5, 0.6) is 0 Å². The standard InChI is InChI=1S/C17H15NO4/c1-17-11-5-2-10(8-11)13(17)14(19)18(16(17)22)12-6-3-9(4-7-12)15(20)21/h2-7,10-11,13H,8H2,1H3,(H,20,21)/p-1. The molecule has 0 radical (unpaired) electrons. The van der Waals surface area contributed by atoms with Gasteiger partial charge >= 0.3 is 0 Å². The number of hydrogen-bond donors (Lipinski definition) is 0. The first-order valence-electron chi connectivity index (χ1n) is 7.32. The maximum Gasteiger partial charge on any atom is 0.241 e. The monoisotopic (exact) mass is 296 g/mol. The number of carbonyl (C=O) groups is 3. The normalized spacial score (nSPS) is 35.3. The van der Waals surface area contributed by atoms with E-state index in [1.54, 1.807) is 0 Å². The Labute approximate surface area is 127 Å². The first-order chi connectivity index (χ1) is 10.4. The van der Waals surface area contributed by atoms with E-state index in [1.807, 2.05) is 13.0 Å². The van der Waals surface area contributed by atoms with Crippen LogP contribution in [0.2, 0.25) is 0 Å². The van der Waals surface area contributed by atoms with Crippen LogP contribution >= 0.6 is 0 Å². The second-order valence-corrected chi connectivity index (χ2v) is 6.46. The number of aromatic carboxylic acids is 1. The zero-order chi connectivity index (χ0) is 15.6. The molecule has 3 aliphatic rings. The van der Waals surface area contributed by atoms with Crippen LogP contribution in [0.4, 0.5) is 5.69 Å². The molecule has 2 fully saturated rings. The molecule has 1 aromatic rings. The van der Waals surface area contributed by atoms with E-state index in [9.17, 15) is 19.5 Å². The Morgan fingerprint density at radius 1 is 1.23 bits per heavy atom. The molecule has 1 aromatic carbocycles. The highest BCUT2D eigenvalue weighted by molar-refractivity contribution is 6.24. The summed E-state index contributed by atoms with van der Waals surface area (Å²) in [4.78, 5) is 37.6. The third-order valence-electron chi connectivity index (χ3n) is 5.47. The van der Waals surface area contributed by atoms with E-state index in [0.717, 1.165) is 6.42 Å². The lowest BCUT2D eigenvalue weighted by Gasteiger charge is -2.28. The zero-order valence-electron chi connectivity index (χ0n) is 12.0. The summed E-state index contributed by atoms with van der Waals surface area (Å²) in [6.07, 6.45) is 4.97. The molecule has 1 heterocycles. The highest BCUT2D eigenvalue weighted by Crippen LogP contribution is 2.60. The van der Waals surface area contributed by atoms with E-state index < -0.39 is 11.4 Å². The summed E-state index contributed by atoms with van der Waals surface area (Å²) >= 11 is 0.